The zero-order valence-corrected chi connectivity index (χ0v) is 10.7. The van der Waals surface area contributed by atoms with E-state index in [4.69, 9.17) is 0 Å². The quantitative estimate of drug-likeness (QED) is 0.413. The van der Waals surface area contributed by atoms with Gasteiger partial charge in [-0.3, -0.25) is 0 Å². The van der Waals surface area contributed by atoms with Crippen molar-refractivity contribution < 1.29 is 0 Å². The molecule has 0 saturated heterocycles. The van der Waals surface area contributed by atoms with Crippen molar-refractivity contribution in [3.05, 3.63) is 59.1 Å². The van der Waals surface area contributed by atoms with Gasteiger partial charge in [-0.1, -0.05) is 64.5 Å². The maximum absolute atomic E-state index is 3.64. The van der Waals surface area contributed by atoms with Crippen molar-refractivity contribution >= 4 is 26.7 Å². The van der Waals surface area contributed by atoms with Crippen LogP contribution in [0.2, 0.25) is 0 Å². The van der Waals surface area contributed by atoms with Crippen molar-refractivity contribution in [1.82, 2.24) is 0 Å². The van der Waals surface area contributed by atoms with Crippen molar-refractivity contribution in [3.8, 4) is 22.3 Å². The highest BCUT2D eigenvalue weighted by atomic mass is 79.9. The predicted molar refractivity (Wildman–Crippen MR) is 76.1 cm³/mol. The van der Waals surface area contributed by atoms with E-state index in [1.165, 1.54) is 37.5 Å². The van der Waals surface area contributed by atoms with E-state index in [1.54, 1.807) is 0 Å². The largest absolute Gasteiger partial charge is 0.0616 e. The SMILES string of the molecule is Brc1ccc2c3c(cccc13)-c1ccccc1-2. The Morgan fingerprint density at radius 1 is 0.588 bits per heavy atom. The number of fused-ring (bicyclic) bond motifs is 3. The molecule has 0 N–H and O–H groups in total. The van der Waals surface area contributed by atoms with Gasteiger partial charge >= 0.3 is 0 Å². The number of benzene rings is 3. The van der Waals surface area contributed by atoms with Gasteiger partial charge in [0.25, 0.3) is 0 Å². The minimum atomic E-state index is 1.17. The maximum Gasteiger partial charge on any atom is 0.0254 e. The van der Waals surface area contributed by atoms with Gasteiger partial charge in [-0.2, -0.15) is 0 Å². The second-order valence-electron chi connectivity index (χ2n) is 4.37. The molecule has 0 spiro atoms. The summed E-state index contributed by atoms with van der Waals surface area (Å²) in [5, 5.41) is 2.68. The van der Waals surface area contributed by atoms with Crippen LogP contribution in [0.4, 0.5) is 0 Å². The average molecular weight is 281 g/mol. The summed E-state index contributed by atoms with van der Waals surface area (Å²) in [6, 6.07) is 19.5. The molecule has 0 saturated carbocycles. The summed E-state index contributed by atoms with van der Waals surface area (Å²) in [6.07, 6.45) is 0. The Hall–Kier alpha value is -1.60. The molecule has 0 radical (unpaired) electrons. The molecule has 1 aliphatic carbocycles. The van der Waals surface area contributed by atoms with Crippen LogP contribution in [0, 0.1) is 0 Å². The van der Waals surface area contributed by atoms with E-state index in [1.807, 2.05) is 0 Å². The fourth-order valence-electron chi connectivity index (χ4n) is 2.77. The van der Waals surface area contributed by atoms with Crippen LogP contribution in [0.3, 0.4) is 0 Å². The highest BCUT2D eigenvalue weighted by Crippen LogP contribution is 2.48. The number of hydrogen-bond acceptors (Lipinski definition) is 0. The van der Waals surface area contributed by atoms with E-state index in [0.717, 1.165) is 0 Å². The Morgan fingerprint density at radius 2 is 1.24 bits per heavy atom. The monoisotopic (exact) mass is 280 g/mol. The summed E-state index contributed by atoms with van der Waals surface area (Å²) in [6.45, 7) is 0. The van der Waals surface area contributed by atoms with Crippen LogP contribution in [0.1, 0.15) is 0 Å². The molecule has 0 heterocycles. The number of rotatable bonds is 0. The molecule has 3 aromatic carbocycles. The lowest BCUT2D eigenvalue weighted by atomic mass is 10.0. The molecule has 1 aliphatic rings. The van der Waals surface area contributed by atoms with Crippen LogP contribution in [-0.4, -0.2) is 0 Å². The minimum Gasteiger partial charge on any atom is -0.0616 e. The second kappa shape index (κ2) is 3.21. The molecular weight excluding hydrogens is 272 g/mol. The van der Waals surface area contributed by atoms with E-state index in [2.05, 4.69) is 70.5 Å². The zero-order chi connectivity index (χ0) is 11.4. The van der Waals surface area contributed by atoms with Gasteiger partial charge < -0.3 is 0 Å². The van der Waals surface area contributed by atoms with Gasteiger partial charge in [0, 0.05) is 4.47 Å². The van der Waals surface area contributed by atoms with Gasteiger partial charge in [-0.15, -0.1) is 0 Å². The summed E-state index contributed by atoms with van der Waals surface area (Å²) >= 11 is 3.64. The first-order valence-electron chi connectivity index (χ1n) is 5.67. The van der Waals surface area contributed by atoms with Gasteiger partial charge in [0.1, 0.15) is 0 Å². The Morgan fingerprint density at radius 3 is 2.00 bits per heavy atom. The molecule has 0 aliphatic heterocycles. The zero-order valence-electron chi connectivity index (χ0n) is 9.07. The third kappa shape index (κ3) is 1.12. The maximum atomic E-state index is 3.64. The van der Waals surface area contributed by atoms with E-state index in [0.29, 0.717) is 0 Å². The van der Waals surface area contributed by atoms with Crippen LogP contribution in [-0.2, 0) is 0 Å². The van der Waals surface area contributed by atoms with Gasteiger partial charge in [0.05, 0.1) is 0 Å². The molecule has 3 aromatic rings. The Kier molecular flexibility index (Phi) is 1.78. The summed E-state index contributed by atoms with van der Waals surface area (Å²) in [7, 11) is 0. The van der Waals surface area contributed by atoms with Crippen LogP contribution < -0.4 is 0 Å². The number of halogens is 1. The topological polar surface area (TPSA) is 0 Å². The summed E-state index contributed by atoms with van der Waals surface area (Å²) in [4.78, 5) is 0. The van der Waals surface area contributed by atoms with Crippen LogP contribution in [0.25, 0.3) is 33.0 Å². The smallest absolute Gasteiger partial charge is 0.0254 e. The third-order valence-electron chi connectivity index (χ3n) is 3.49. The summed E-state index contributed by atoms with van der Waals surface area (Å²) in [5.74, 6) is 0. The van der Waals surface area contributed by atoms with E-state index < -0.39 is 0 Å². The van der Waals surface area contributed by atoms with Gasteiger partial charge in [0.15, 0.2) is 0 Å². The van der Waals surface area contributed by atoms with Crippen molar-refractivity contribution in [3.63, 3.8) is 0 Å². The molecule has 0 amide bonds. The average Bonchev–Trinajstić information content (AvgIpc) is 2.70. The Bertz CT molecular complexity index is 727. The lowest BCUT2D eigenvalue weighted by Crippen LogP contribution is -1.76. The van der Waals surface area contributed by atoms with Gasteiger partial charge in [0.2, 0.25) is 0 Å². The van der Waals surface area contributed by atoms with E-state index >= 15 is 0 Å². The minimum absolute atomic E-state index is 1.17. The molecule has 0 atom stereocenters. The Labute approximate surface area is 108 Å². The fourth-order valence-corrected chi connectivity index (χ4v) is 3.24. The lowest BCUT2D eigenvalue weighted by molar-refractivity contribution is 1.69. The first kappa shape index (κ1) is 9.43. The highest BCUT2D eigenvalue weighted by Gasteiger charge is 2.20. The molecular formula is C16H9Br. The van der Waals surface area contributed by atoms with Crippen LogP contribution >= 0.6 is 15.9 Å². The molecule has 0 unspecified atom stereocenters. The van der Waals surface area contributed by atoms with Crippen molar-refractivity contribution in [1.29, 1.82) is 0 Å². The van der Waals surface area contributed by atoms with E-state index in [9.17, 15) is 0 Å². The first-order valence-corrected chi connectivity index (χ1v) is 6.46. The normalized spacial score (nSPS) is 11.8. The predicted octanol–water partition coefficient (Wildman–Crippen LogP) is 5.25. The summed E-state index contributed by atoms with van der Waals surface area (Å²) in [5.41, 5.74) is 5.42. The van der Waals surface area contributed by atoms with Crippen LogP contribution in [0.5, 0.6) is 0 Å². The van der Waals surface area contributed by atoms with Crippen molar-refractivity contribution in [2.45, 2.75) is 0 Å². The third-order valence-corrected chi connectivity index (χ3v) is 4.19. The van der Waals surface area contributed by atoms with Crippen molar-refractivity contribution in [2.75, 3.05) is 0 Å². The molecule has 4 rings (SSSR count). The Balaban J connectivity index is 2.30. The first-order chi connectivity index (χ1) is 8.36. The molecule has 80 valence electrons. The molecule has 0 bridgehead atoms. The second-order valence-corrected chi connectivity index (χ2v) is 5.22. The fraction of sp³-hybridized carbons (Fsp3) is 0. The van der Waals surface area contributed by atoms with Crippen molar-refractivity contribution in [2.24, 2.45) is 0 Å². The molecule has 0 aromatic heterocycles. The van der Waals surface area contributed by atoms with Crippen LogP contribution in [0.15, 0.2) is 59.1 Å². The molecule has 0 nitrogen and oxygen atoms in total. The summed E-state index contributed by atoms with van der Waals surface area (Å²) < 4.78 is 1.17. The number of hydrogen-bond donors (Lipinski definition) is 0. The van der Waals surface area contributed by atoms with E-state index in [-0.39, 0.29) is 0 Å². The molecule has 1 heteroatoms. The highest BCUT2D eigenvalue weighted by molar-refractivity contribution is 9.10. The molecule has 0 fully saturated rings. The standard InChI is InChI=1S/C16H9Br/c17-15-9-8-13-11-5-2-1-4-10(11)12-6-3-7-14(15)16(12)13/h1-9H. The lowest BCUT2D eigenvalue weighted by Gasteiger charge is -2.03. The van der Waals surface area contributed by atoms with Gasteiger partial charge in [-0.05, 0) is 39.1 Å². The van der Waals surface area contributed by atoms with Gasteiger partial charge in [-0.25, -0.2) is 0 Å². The molecule has 17 heavy (non-hydrogen) atoms.